The topological polar surface area (TPSA) is 0 Å². The zero-order valence-electron chi connectivity index (χ0n) is 19.0. The minimum absolute atomic E-state index is 1.08. The fourth-order valence-corrected chi connectivity index (χ4v) is 3.27. The van der Waals surface area contributed by atoms with E-state index in [1.54, 1.807) is 0 Å². The molecule has 0 aliphatic heterocycles. The van der Waals surface area contributed by atoms with Crippen molar-refractivity contribution in [3.8, 4) is 11.8 Å². The van der Waals surface area contributed by atoms with Crippen LogP contribution in [0.1, 0.15) is 87.5 Å². The Kier molecular flexibility index (Phi) is 12.1. The molecule has 0 fully saturated rings. The average Bonchev–Trinajstić information content (AvgIpc) is 2.79. The van der Waals surface area contributed by atoms with Crippen LogP contribution in [0, 0.1) is 11.8 Å². The van der Waals surface area contributed by atoms with Crippen LogP contribution in [0.25, 0.3) is 0 Å². The van der Waals surface area contributed by atoms with Crippen molar-refractivity contribution in [3.05, 3.63) is 95.1 Å². The van der Waals surface area contributed by atoms with Gasteiger partial charge in [-0.25, -0.2) is 0 Å². The molecule has 0 radical (unpaired) electrons. The zero-order valence-corrected chi connectivity index (χ0v) is 19.0. The number of rotatable bonds is 12. The lowest BCUT2D eigenvalue weighted by molar-refractivity contribution is 0.811. The number of aryl methyl sites for hydroxylation is 2. The molecule has 0 bridgehead atoms. The molecule has 0 spiro atoms. The average molecular weight is 399 g/mol. The summed E-state index contributed by atoms with van der Waals surface area (Å²) in [6.45, 7) is 4.48. The molecule has 0 heteroatoms. The third-order valence-corrected chi connectivity index (χ3v) is 5.24. The maximum Gasteiger partial charge on any atom is 0.0249 e. The minimum atomic E-state index is 1.08. The fraction of sp³-hybridized carbons (Fsp3) is 0.400. The summed E-state index contributed by atoms with van der Waals surface area (Å²) in [7, 11) is 0. The SMILES string of the molecule is CCCCC=CCCc1ccc(C#Cc2ccc(CCC=CCCCC)cc2)cc1. The molecule has 0 unspecified atom stereocenters. The van der Waals surface area contributed by atoms with Gasteiger partial charge in [-0.3, -0.25) is 0 Å². The Balaban J connectivity index is 1.77. The molecule has 0 saturated heterocycles. The number of hydrogen-bond donors (Lipinski definition) is 0. The molecule has 2 aromatic carbocycles. The second-order valence-corrected chi connectivity index (χ2v) is 7.95. The standard InChI is InChI=1S/C30H38/c1-3-5-7-9-11-13-15-27-17-21-29(22-18-27)25-26-30-23-19-28(20-24-30)16-14-12-10-8-6-4-2/h9-12,17-24H,3-8,13-16H2,1-2H3. The summed E-state index contributed by atoms with van der Waals surface area (Å²) in [5.74, 6) is 6.59. The molecule has 158 valence electrons. The first-order valence-electron chi connectivity index (χ1n) is 11.8. The summed E-state index contributed by atoms with van der Waals surface area (Å²) in [5.41, 5.74) is 4.93. The molecule has 0 N–H and O–H groups in total. The molecule has 2 aromatic rings. The van der Waals surface area contributed by atoms with Gasteiger partial charge in [0.05, 0.1) is 0 Å². The maximum atomic E-state index is 3.29. The summed E-state index contributed by atoms with van der Waals surface area (Å²) in [6, 6.07) is 17.4. The third kappa shape index (κ3) is 10.3. The minimum Gasteiger partial charge on any atom is -0.0885 e. The van der Waals surface area contributed by atoms with Crippen LogP contribution in [0.5, 0.6) is 0 Å². The first kappa shape index (κ1) is 23.8. The van der Waals surface area contributed by atoms with Gasteiger partial charge in [-0.2, -0.15) is 0 Å². The number of hydrogen-bond acceptors (Lipinski definition) is 0. The summed E-state index contributed by atoms with van der Waals surface area (Å²) < 4.78 is 0. The molecule has 0 aromatic heterocycles. The maximum absolute atomic E-state index is 3.29. The van der Waals surface area contributed by atoms with Crippen molar-refractivity contribution in [2.75, 3.05) is 0 Å². The van der Waals surface area contributed by atoms with E-state index < -0.39 is 0 Å². The van der Waals surface area contributed by atoms with Crippen LogP contribution in [0.2, 0.25) is 0 Å². The lowest BCUT2D eigenvalue weighted by Gasteiger charge is -2.00. The number of allylic oxidation sites excluding steroid dienone is 4. The molecular weight excluding hydrogens is 360 g/mol. The van der Waals surface area contributed by atoms with Crippen LogP contribution >= 0.6 is 0 Å². The summed E-state index contributed by atoms with van der Waals surface area (Å²) in [5, 5.41) is 0. The van der Waals surface area contributed by atoms with Gasteiger partial charge in [0, 0.05) is 11.1 Å². The van der Waals surface area contributed by atoms with Gasteiger partial charge >= 0.3 is 0 Å². The summed E-state index contributed by atoms with van der Waals surface area (Å²) in [4.78, 5) is 0. The van der Waals surface area contributed by atoms with Crippen molar-refractivity contribution in [2.45, 2.75) is 78.1 Å². The molecule has 0 aliphatic carbocycles. The Hall–Kier alpha value is -2.52. The molecule has 2 rings (SSSR count). The van der Waals surface area contributed by atoms with Crippen LogP contribution in [0.15, 0.2) is 72.8 Å². The van der Waals surface area contributed by atoms with Gasteiger partial charge in [-0.05, 0) is 73.9 Å². The van der Waals surface area contributed by atoms with Gasteiger partial charge in [0.1, 0.15) is 0 Å². The first-order valence-corrected chi connectivity index (χ1v) is 11.8. The van der Waals surface area contributed by atoms with Gasteiger partial charge in [0.2, 0.25) is 0 Å². The highest BCUT2D eigenvalue weighted by molar-refractivity contribution is 5.44. The monoisotopic (exact) mass is 398 g/mol. The van der Waals surface area contributed by atoms with Gasteiger partial charge in [-0.15, -0.1) is 0 Å². The predicted molar refractivity (Wildman–Crippen MR) is 133 cm³/mol. The molecular formula is C30H38. The van der Waals surface area contributed by atoms with Crippen LogP contribution in [-0.4, -0.2) is 0 Å². The van der Waals surface area contributed by atoms with Crippen LogP contribution in [0.4, 0.5) is 0 Å². The molecule has 0 nitrogen and oxygen atoms in total. The van der Waals surface area contributed by atoms with E-state index in [1.165, 1.54) is 49.7 Å². The molecule has 0 heterocycles. The Morgan fingerprint density at radius 1 is 0.533 bits per heavy atom. The second-order valence-electron chi connectivity index (χ2n) is 7.95. The first-order chi connectivity index (χ1) is 14.8. The second kappa shape index (κ2) is 15.3. The fourth-order valence-electron chi connectivity index (χ4n) is 3.27. The van der Waals surface area contributed by atoms with Crippen molar-refractivity contribution in [1.29, 1.82) is 0 Å². The molecule has 0 atom stereocenters. The molecule has 0 aliphatic rings. The predicted octanol–water partition coefficient (Wildman–Crippen LogP) is 8.44. The largest absolute Gasteiger partial charge is 0.0885 e. The highest BCUT2D eigenvalue weighted by Gasteiger charge is 1.94. The van der Waals surface area contributed by atoms with E-state index in [-0.39, 0.29) is 0 Å². The Morgan fingerprint density at radius 3 is 1.27 bits per heavy atom. The number of benzene rings is 2. The van der Waals surface area contributed by atoms with E-state index in [1.807, 2.05) is 0 Å². The van der Waals surface area contributed by atoms with Crippen LogP contribution in [-0.2, 0) is 12.8 Å². The van der Waals surface area contributed by atoms with Crippen LogP contribution in [0.3, 0.4) is 0 Å². The number of unbranched alkanes of at least 4 members (excludes halogenated alkanes) is 4. The lowest BCUT2D eigenvalue weighted by Crippen LogP contribution is -1.85. The van der Waals surface area contributed by atoms with E-state index >= 15 is 0 Å². The third-order valence-electron chi connectivity index (χ3n) is 5.24. The van der Waals surface area contributed by atoms with Gasteiger partial charge in [0.25, 0.3) is 0 Å². The molecule has 0 amide bonds. The van der Waals surface area contributed by atoms with Gasteiger partial charge in [0.15, 0.2) is 0 Å². The lowest BCUT2D eigenvalue weighted by atomic mass is 10.1. The van der Waals surface area contributed by atoms with Crippen molar-refractivity contribution in [2.24, 2.45) is 0 Å². The van der Waals surface area contributed by atoms with E-state index in [9.17, 15) is 0 Å². The highest BCUT2D eigenvalue weighted by atomic mass is 14.0. The van der Waals surface area contributed by atoms with Crippen molar-refractivity contribution < 1.29 is 0 Å². The molecule has 30 heavy (non-hydrogen) atoms. The smallest absolute Gasteiger partial charge is 0.0249 e. The Bertz CT molecular complexity index is 738. The van der Waals surface area contributed by atoms with Gasteiger partial charge < -0.3 is 0 Å². The Labute approximate surface area is 185 Å². The highest BCUT2D eigenvalue weighted by Crippen LogP contribution is 2.09. The van der Waals surface area contributed by atoms with E-state index in [4.69, 9.17) is 0 Å². The zero-order chi connectivity index (χ0) is 21.3. The van der Waals surface area contributed by atoms with Crippen molar-refractivity contribution in [3.63, 3.8) is 0 Å². The van der Waals surface area contributed by atoms with E-state index in [2.05, 4.69) is 98.5 Å². The van der Waals surface area contributed by atoms with E-state index in [0.29, 0.717) is 0 Å². The van der Waals surface area contributed by atoms with Crippen LogP contribution < -0.4 is 0 Å². The summed E-state index contributed by atoms with van der Waals surface area (Å²) in [6.07, 6.45) is 21.3. The normalized spacial score (nSPS) is 11.1. The summed E-state index contributed by atoms with van der Waals surface area (Å²) >= 11 is 0. The van der Waals surface area contributed by atoms with Crippen molar-refractivity contribution in [1.82, 2.24) is 0 Å². The Morgan fingerprint density at radius 2 is 0.900 bits per heavy atom. The van der Waals surface area contributed by atoms with E-state index in [0.717, 1.165) is 36.8 Å². The quantitative estimate of drug-likeness (QED) is 0.191. The van der Waals surface area contributed by atoms with Crippen molar-refractivity contribution >= 4 is 0 Å². The van der Waals surface area contributed by atoms with Gasteiger partial charge in [-0.1, -0.05) is 99.9 Å². The molecule has 0 saturated carbocycles.